The number of allylic oxidation sites excluding steroid dienone is 4. The van der Waals surface area contributed by atoms with Crippen LogP contribution in [0.4, 0.5) is 0 Å². The van der Waals surface area contributed by atoms with Crippen molar-refractivity contribution in [3.05, 3.63) is 36.5 Å². The minimum absolute atomic E-state index is 0.0994. The van der Waals surface area contributed by atoms with Crippen molar-refractivity contribution in [1.82, 2.24) is 0 Å². The van der Waals surface area contributed by atoms with Crippen LogP contribution in [0.1, 0.15) is 13.3 Å². The van der Waals surface area contributed by atoms with E-state index in [-0.39, 0.29) is 12.0 Å². The largest absolute Gasteiger partial charge is 0.392 e. The molecule has 2 aliphatic rings. The summed E-state index contributed by atoms with van der Waals surface area (Å²) >= 11 is 0. The first-order chi connectivity index (χ1) is 6.18. The molecular weight excluding hydrogens is 160 g/mol. The standard InChI is InChI=1S/C12H16O/c1-9-10-4-5-11(8-10)12(9,2)6-3-7-13/h3-6,10-11,13H,1,7-8H2,2H3/b6-3+/t10?,11?,12-/m0/s1. The van der Waals surface area contributed by atoms with Crippen molar-refractivity contribution in [2.24, 2.45) is 17.3 Å². The summed E-state index contributed by atoms with van der Waals surface area (Å²) in [7, 11) is 0. The molecule has 1 N–H and O–H groups in total. The normalized spacial score (nSPS) is 42.5. The molecule has 0 spiro atoms. The van der Waals surface area contributed by atoms with Crippen LogP contribution in [0.2, 0.25) is 0 Å². The fourth-order valence-electron chi connectivity index (χ4n) is 2.57. The molecule has 2 aliphatic carbocycles. The highest BCUT2D eigenvalue weighted by Gasteiger charge is 2.46. The van der Waals surface area contributed by atoms with Gasteiger partial charge in [-0.05, 0) is 18.3 Å². The Morgan fingerprint density at radius 3 is 3.00 bits per heavy atom. The maximum Gasteiger partial charge on any atom is 0.0612 e. The molecule has 0 heterocycles. The summed E-state index contributed by atoms with van der Waals surface area (Å²) in [4.78, 5) is 0. The third kappa shape index (κ3) is 1.11. The van der Waals surface area contributed by atoms with Crippen molar-refractivity contribution in [2.45, 2.75) is 13.3 Å². The van der Waals surface area contributed by atoms with Crippen LogP contribution in [0.15, 0.2) is 36.5 Å². The molecule has 2 bridgehead atoms. The van der Waals surface area contributed by atoms with Crippen molar-refractivity contribution in [3.63, 3.8) is 0 Å². The lowest BCUT2D eigenvalue weighted by Crippen LogP contribution is -2.21. The third-order valence-corrected chi connectivity index (χ3v) is 3.56. The molecule has 0 aromatic heterocycles. The topological polar surface area (TPSA) is 20.2 Å². The molecule has 0 saturated heterocycles. The smallest absolute Gasteiger partial charge is 0.0612 e. The van der Waals surface area contributed by atoms with E-state index in [2.05, 4.69) is 31.7 Å². The molecule has 0 aromatic rings. The summed E-state index contributed by atoms with van der Waals surface area (Å²) in [5.41, 5.74) is 1.41. The highest BCUT2D eigenvalue weighted by molar-refractivity contribution is 5.37. The second kappa shape index (κ2) is 2.85. The predicted octanol–water partition coefficient (Wildman–Crippen LogP) is 2.30. The Bertz CT molecular complexity index is 287. The van der Waals surface area contributed by atoms with Crippen molar-refractivity contribution in [1.29, 1.82) is 0 Å². The van der Waals surface area contributed by atoms with E-state index in [0.717, 1.165) is 0 Å². The van der Waals surface area contributed by atoms with Gasteiger partial charge in [-0.3, -0.25) is 0 Å². The monoisotopic (exact) mass is 176 g/mol. The maximum atomic E-state index is 8.76. The molecule has 0 aromatic carbocycles. The van der Waals surface area contributed by atoms with Gasteiger partial charge in [-0.25, -0.2) is 0 Å². The first-order valence-electron chi connectivity index (χ1n) is 4.84. The number of rotatable bonds is 2. The van der Waals surface area contributed by atoms with Crippen LogP contribution in [-0.2, 0) is 0 Å². The maximum absolute atomic E-state index is 8.76. The fraction of sp³-hybridized carbons (Fsp3) is 0.500. The quantitative estimate of drug-likeness (QED) is 0.640. The summed E-state index contributed by atoms with van der Waals surface area (Å²) in [6.45, 7) is 6.51. The molecular formula is C12H16O. The minimum Gasteiger partial charge on any atom is -0.392 e. The van der Waals surface area contributed by atoms with Crippen LogP contribution in [0.5, 0.6) is 0 Å². The SMILES string of the molecule is C=C1C2C=CC(C2)[C@@]1(C)/C=C/CO. The van der Waals surface area contributed by atoms with Crippen LogP contribution in [0.25, 0.3) is 0 Å². The van der Waals surface area contributed by atoms with Gasteiger partial charge in [-0.1, -0.05) is 43.4 Å². The van der Waals surface area contributed by atoms with Crippen molar-refractivity contribution in [3.8, 4) is 0 Å². The summed E-state index contributed by atoms with van der Waals surface area (Å²) in [5, 5.41) is 8.76. The number of hydrogen-bond acceptors (Lipinski definition) is 1. The van der Waals surface area contributed by atoms with Gasteiger partial charge in [-0.15, -0.1) is 0 Å². The average molecular weight is 176 g/mol. The molecule has 0 amide bonds. The van der Waals surface area contributed by atoms with Crippen molar-refractivity contribution < 1.29 is 5.11 Å². The number of fused-ring (bicyclic) bond motifs is 2. The average Bonchev–Trinajstić information content (AvgIpc) is 2.68. The van der Waals surface area contributed by atoms with Gasteiger partial charge in [0, 0.05) is 5.41 Å². The lowest BCUT2D eigenvalue weighted by molar-refractivity contribution is 0.338. The van der Waals surface area contributed by atoms with Crippen LogP contribution in [0.3, 0.4) is 0 Å². The zero-order valence-electron chi connectivity index (χ0n) is 8.03. The second-order valence-electron chi connectivity index (χ2n) is 4.23. The van der Waals surface area contributed by atoms with Crippen LogP contribution >= 0.6 is 0 Å². The Kier molecular flexibility index (Phi) is 1.92. The van der Waals surface area contributed by atoms with Crippen molar-refractivity contribution >= 4 is 0 Å². The summed E-state index contributed by atoms with van der Waals surface area (Å²) in [6, 6.07) is 0. The van der Waals surface area contributed by atoms with E-state index in [0.29, 0.717) is 11.8 Å². The molecule has 1 heteroatoms. The zero-order valence-corrected chi connectivity index (χ0v) is 8.03. The van der Waals surface area contributed by atoms with Crippen LogP contribution < -0.4 is 0 Å². The first-order valence-corrected chi connectivity index (χ1v) is 4.84. The highest BCUT2D eigenvalue weighted by atomic mass is 16.2. The summed E-state index contributed by atoms with van der Waals surface area (Å²) < 4.78 is 0. The van der Waals surface area contributed by atoms with E-state index in [1.165, 1.54) is 12.0 Å². The van der Waals surface area contributed by atoms with E-state index in [1.807, 2.05) is 6.08 Å². The molecule has 1 saturated carbocycles. The van der Waals surface area contributed by atoms with Gasteiger partial charge in [0.2, 0.25) is 0 Å². The van der Waals surface area contributed by atoms with E-state index in [4.69, 9.17) is 5.11 Å². The molecule has 13 heavy (non-hydrogen) atoms. The summed E-state index contributed by atoms with van der Waals surface area (Å²) in [6.07, 6.45) is 9.72. The Hall–Kier alpha value is -0.820. The number of hydrogen-bond donors (Lipinski definition) is 1. The Balaban J connectivity index is 2.28. The van der Waals surface area contributed by atoms with E-state index in [9.17, 15) is 0 Å². The molecule has 0 aliphatic heterocycles. The molecule has 2 unspecified atom stereocenters. The Morgan fingerprint density at radius 1 is 1.69 bits per heavy atom. The van der Waals surface area contributed by atoms with Crippen LogP contribution in [-0.4, -0.2) is 11.7 Å². The molecule has 0 radical (unpaired) electrons. The highest BCUT2D eigenvalue weighted by Crippen LogP contribution is 2.55. The van der Waals surface area contributed by atoms with Gasteiger partial charge in [0.05, 0.1) is 6.61 Å². The molecule has 1 nitrogen and oxygen atoms in total. The summed E-state index contributed by atoms with van der Waals surface area (Å²) in [5.74, 6) is 1.19. The van der Waals surface area contributed by atoms with Gasteiger partial charge >= 0.3 is 0 Å². The van der Waals surface area contributed by atoms with Gasteiger partial charge in [0.15, 0.2) is 0 Å². The predicted molar refractivity (Wildman–Crippen MR) is 54.2 cm³/mol. The minimum atomic E-state index is 0.0994. The van der Waals surface area contributed by atoms with E-state index in [1.54, 1.807) is 0 Å². The second-order valence-corrected chi connectivity index (χ2v) is 4.23. The molecule has 3 atom stereocenters. The number of aliphatic hydroxyl groups is 1. The van der Waals surface area contributed by atoms with Gasteiger partial charge in [-0.2, -0.15) is 0 Å². The van der Waals surface area contributed by atoms with Gasteiger partial charge in [0.1, 0.15) is 0 Å². The lowest BCUT2D eigenvalue weighted by atomic mass is 9.74. The van der Waals surface area contributed by atoms with Gasteiger partial charge in [0.25, 0.3) is 0 Å². The molecule has 2 rings (SSSR count). The van der Waals surface area contributed by atoms with Gasteiger partial charge < -0.3 is 5.11 Å². The Labute approximate surface area is 79.5 Å². The first kappa shape index (κ1) is 8.76. The third-order valence-electron chi connectivity index (χ3n) is 3.56. The van der Waals surface area contributed by atoms with E-state index < -0.39 is 0 Å². The van der Waals surface area contributed by atoms with Crippen LogP contribution in [0, 0.1) is 17.3 Å². The fourth-order valence-corrected chi connectivity index (χ4v) is 2.57. The number of aliphatic hydroxyl groups excluding tert-OH is 1. The zero-order chi connectivity index (χ0) is 9.47. The molecule has 70 valence electrons. The lowest BCUT2D eigenvalue weighted by Gasteiger charge is -2.30. The van der Waals surface area contributed by atoms with Crippen molar-refractivity contribution in [2.75, 3.05) is 6.61 Å². The molecule has 1 fully saturated rings. The Morgan fingerprint density at radius 2 is 2.46 bits per heavy atom. The van der Waals surface area contributed by atoms with E-state index >= 15 is 0 Å².